The van der Waals surface area contributed by atoms with E-state index >= 15 is 0 Å². The van der Waals surface area contributed by atoms with Crippen LogP contribution in [0.3, 0.4) is 0 Å². The zero-order valence-corrected chi connectivity index (χ0v) is 12.0. The van der Waals surface area contributed by atoms with Crippen molar-refractivity contribution >= 4 is 0 Å². The fraction of sp³-hybridized carbons (Fsp3) is 0.875. The van der Waals surface area contributed by atoms with Gasteiger partial charge in [-0.15, -0.1) is 5.92 Å². The first kappa shape index (κ1) is 15.6. The molecule has 0 radical (unpaired) electrons. The normalized spacial score (nSPS) is 12.7. The highest BCUT2D eigenvalue weighted by molar-refractivity contribution is 5.03. The Bertz CT molecular complexity index is 202. The van der Waals surface area contributed by atoms with Crippen molar-refractivity contribution in [3.63, 3.8) is 0 Å². The van der Waals surface area contributed by atoms with Crippen LogP contribution < -0.4 is 0 Å². The molecule has 0 aliphatic heterocycles. The van der Waals surface area contributed by atoms with Gasteiger partial charge in [-0.05, 0) is 18.3 Å². The monoisotopic (exact) mass is 222 g/mol. The molecule has 0 amide bonds. The average Bonchev–Trinajstić information content (AvgIpc) is 2.21. The van der Waals surface area contributed by atoms with Gasteiger partial charge in [0.2, 0.25) is 0 Å². The fourth-order valence-corrected chi connectivity index (χ4v) is 1.52. The van der Waals surface area contributed by atoms with Gasteiger partial charge in [0.05, 0.1) is 0 Å². The lowest BCUT2D eigenvalue weighted by atomic mass is 9.98. The molecule has 0 saturated carbocycles. The van der Waals surface area contributed by atoms with Crippen molar-refractivity contribution in [2.45, 2.75) is 73.1 Å². The maximum atomic E-state index is 3.34. The van der Waals surface area contributed by atoms with E-state index in [4.69, 9.17) is 0 Å². The lowest BCUT2D eigenvalue weighted by molar-refractivity contribution is 0.517. The summed E-state index contributed by atoms with van der Waals surface area (Å²) >= 11 is 0. The Morgan fingerprint density at radius 3 is 2.00 bits per heavy atom. The molecule has 0 nitrogen and oxygen atoms in total. The van der Waals surface area contributed by atoms with Gasteiger partial charge in [-0.1, -0.05) is 66.2 Å². The molecule has 0 fully saturated rings. The van der Waals surface area contributed by atoms with Crippen molar-refractivity contribution in [1.29, 1.82) is 0 Å². The quantitative estimate of drug-likeness (QED) is 0.406. The summed E-state index contributed by atoms with van der Waals surface area (Å²) in [6, 6.07) is 0. The van der Waals surface area contributed by atoms with Crippen LogP contribution in [0.15, 0.2) is 0 Å². The molecule has 16 heavy (non-hydrogen) atoms. The smallest absolute Gasteiger partial charge is 0.0197 e. The Balaban J connectivity index is 3.33. The minimum Gasteiger partial charge on any atom is -0.103 e. The molecule has 0 aromatic carbocycles. The van der Waals surface area contributed by atoms with Crippen LogP contribution in [0.1, 0.15) is 73.1 Å². The van der Waals surface area contributed by atoms with Gasteiger partial charge in [0, 0.05) is 12.3 Å². The second-order valence-electron chi connectivity index (χ2n) is 5.70. The van der Waals surface area contributed by atoms with Crippen molar-refractivity contribution < 1.29 is 0 Å². The summed E-state index contributed by atoms with van der Waals surface area (Å²) in [6.07, 6.45) is 7.91. The largest absolute Gasteiger partial charge is 0.103 e. The van der Waals surface area contributed by atoms with E-state index in [-0.39, 0.29) is 0 Å². The third kappa shape index (κ3) is 10.1. The summed E-state index contributed by atoms with van der Waals surface area (Å²) in [6.45, 7) is 11.3. The molecule has 0 saturated heterocycles. The summed E-state index contributed by atoms with van der Waals surface area (Å²) in [5.41, 5.74) is 0. The molecule has 0 aliphatic rings. The Kier molecular flexibility index (Phi) is 9.49. The summed E-state index contributed by atoms with van der Waals surface area (Å²) in [5, 5.41) is 0. The van der Waals surface area contributed by atoms with E-state index in [2.05, 4.69) is 46.5 Å². The molecule has 0 bridgehead atoms. The van der Waals surface area contributed by atoms with Gasteiger partial charge in [-0.2, -0.15) is 0 Å². The van der Waals surface area contributed by atoms with Crippen molar-refractivity contribution in [1.82, 2.24) is 0 Å². The molecule has 1 unspecified atom stereocenters. The second kappa shape index (κ2) is 9.76. The van der Waals surface area contributed by atoms with Crippen molar-refractivity contribution in [3.8, 4) is 11.8 Å². The molecular formula is C16H30. The van der Waals surface area contributed by atoms with Gasteiger partial charge in [-0.25, -0.2) is 0 Å². The molecule has 0 aromatic rings. The molecule has 0 spiro atoms. The predicted molar refractivity (Wildman–Crippen MR) is 74.3 cm³/mol. The Labute approximate surface area is 103 Å². The first-order chi connectivity index (χ1) is 7.54. The van der Waals surface area contributed by atoms with E-state index in [0.29, 0.717) is 11.8 Å². The molecule has 0 N–H and O–H groups in total. The van der Waals surface area contributed by atoms with E-state index in [1.54, 1.807) is 0 Å². The third-order valence-corrected chi connectivity index (χ3v) is 3.16. The summed E-state index contributed by atoms with van der Waals surface area (Å²) in [7, 11) is 0. The van der Waals surface area contributed by atoms with Gasteiger partial charge in [-0.3, -0.25) is 0 Å². The highest BCUT2D eigenvalue weighted by atomic mass is 14.0. The van der Waals surface area contributed by atoms with Gasteiger partial charge in [0.25, 0.3) is 0 Å². The van der Waals surface area contributed by atoms with E-state index in [0.717, 1.165) is 12.3 Å². The maximum Gasteiger partial charge on any atom is 0.0197 e. The van der Waals surface area contributed by atoms with Crippen LogP contribution in [0, 0.1) is 29.6 Å². The molecule has 0 heterocycles. The molecule has 0 aromatic heterocycles. The van der Waals surface area contributed by atoms with Crippen LogP contribution in [0.4, 0.5) is 0 Å². The Morgan fingerprint density at radius 1 is 0.812 bits per heavy atom. The highest BCUT2D eigenvalue weighted by Crippen LogP contribution is 2.11. The summed E-state index contributed by atoms with van der Waals surface area (Å²) in [4.78, 5) is 0. The number of rotatable bonds is 7. The van der Waals surface area contributed by atoms with E-state index in [9.17, 15) is 0 Å². The molecule has 94 valence electrons. The zero-order valence-electron chi connectivity index (χ0n) is 12.0. The van der Waals surface area contributed by atoms with Crippen LogP contribution in [-0.4, -0.2) is 0 Å². The number of unbranched alkanes of at least 4 members (excludes halogenated alkanes) is 4. The van der Waals surface area contributed by atoms with Crippen LogP contribution in [0.2, 0.25) is 0 Å². The fourth-order valence-electron chi connectivity index (χ4n) is 1.52. The molecule has 0 heteroatoms. The third-order valence-electron chi connectivity index (χ3n) is 3.16. The van der Waals surface area contributed by atoms with Gasteiger partial charge in [0.15, 0.2) is 0 Å². The topological polar surface area (TPSA) is 0 Å². The molecular weight excluding hydrogens is 192 g/mol. The van der Waals surface area contributed by atoms with Crippen LogP contribution in [0.25, 0.3) is 0 Å². The van der Waals surface area contributed by atoms with Crippen molar-refractivity contribution in [2.24, 2.45) is 17.8 Å². The summed E-state index contributed by atoms with van der Waals surface area (Å²) < 4.78 is 0. The van der Waals surface area contributed by atoms with E-state index < -0.39 is 0 Å². The maximum absolute atomic E-state index is 3.34. The SMILES string of the molecule is CC(C)CCCCCCC#CC(C)C(C)C. The van der Waals surface area contributed by atoms with Crippen molar-refractivity contribution in [3.05, 3.63) is 0 Å². The Hall–Kier alpha value is -0.440. The standard InChI is InChI=1S/C16H30/c1-14(2)12-10-8-6-7-9-11-13-16(5)15(3)4/h14-16H,6-10,12H2,1-5H3. The van der Waals surface area contributed by atoms with E-state index in [1.807, 2.05) is 0 Å². The first-order valence-electron chi connectivity index (χ1n) is 7.02. The van der Waals surface area contributed by atoms with Crippen LogP contribution in [0.5, 0.6) is 0 Å². The van der Waals surface area contributed by atoms with Gasteiger partial charge < -0.3 is 0 Å². The van der Waals surface area contributed by atoms with Gasteiger partial charge in [0.1, 0.15) is 0 Å². The van der Waals surface area contributed by atoms with Crippen LogP contribution >= 0.6 is 0 Å². The van der Waals surface area contributed by atoms with E-state index in [1.165, 1.54) is 32.1 Å². The van der Waals surface area contributed by atoms with Crippen molar-refractivity contribution in [2.75, 3.05) is 0 Å². The predicted octanol–water partition coefficient (Wildman–Crippen LogP) is 5.28. The minimum atomic E-state index is 0.556. The lowest BCUT2D eigenvalue weighted by Crippen LogP contribution is -1.99. The number of hydrogen-bond acceptors (Lipinski definition) is 0. The molecule has 0 rings (SSSR count). The summed E-state index contributed by atoms with van der Waals surface area (Å²) in [5.74, 6) is 8.77. The van der Waals surface area contributed by atoms with Gasteiger partial charge >= 0.3 is 0 Å². The Morgan fingerprint density at radius 2 is 1.44 bits per heavy atom. The zero-order chi connectivity index (χ0) is 12.4. The second-order valence-corrected chi connectivity index (χ2v) is 5.70. The number of hydrogen-bond donors (Lipinski definition) is 0. The van der Waals surface area contributed by atoms with Crippen LogP contribution in [-0.2, 0) is 0 Å². The minimum absolute atomic E-state index is 0.556. The highest BCUT2D eigenvalue weighted by Gasteiger charge is 2.00. The molecule has 0 aliphatic carbocycles. The average molecular weight is 222 g/mol. The molecule has 1 atom stereocenters. The first-order valence-corrected chi connectivity index (χ1v) is 7.02. The lowest BCUT2D eigenvalue weighted by Gasteiger charge is -2.06.